The lowest BCUT2D eigenvalue weighted by Crippen LogP contribution is -2.14. The first-order valence-corrected chi connectivity index (χ1v) is 6.68. The van der Waals surface area contributed by atoms with E-state index >= 15 is 0 Å². The molecule has 1 saturated heterocycles. The van der Waals surface area contributed by atoms with Crippen molar-refractivity contribution in [2.24, 2.45) is 0 Å². The maximum atomic E-state index is 11.9. The average Bonchev–Trinajstić information content (AvgIpc) is 2.30. The van der Waals surface area contributed by atoms with Gasteiger partial charge in [-0.1, -0.05) is 13.3 Å². The van der Waals surface area contributed by atoms with Crippen LogP contribution in [0.1, 0.15) is 19.8 Å². The van der Waals surface area contributed by atoms with Crippen LogP contribution in [0.15, 0.2) is 0 Å². The van der Waals surface area contributed by atoms with Crippen molar-refractivity contribution in [3.05, 3.63) is 0 Å². The van der Waals surface area contributed by atoms with Crippen molar-refractivity contribution < 1.29 is 18.0 Å². The van der Waals surface area contributed by atoms with Gasteiger partial charge in [0.25, 0.3) is 0 Å². The van der Waals surface area contributed by atoms with Crippen LogP contribution < -0.4 is 0 Å². The summed E-state index contributed by atoms with van der Waals surface area (Å²) in [4.78, 5) is 9.55. The predicted molar refractivity (Wildman–Crippen MR) is 42.3 cm³/mol. The highest BCUT2D eigenvalue weighted by Crippen LogP contribution is 2.63. The second kappa shape index (κ2) is 2.73. The maximum Gasteiger partial charge on any atom is 0.389 e. The van der Waals surface area contributed by atoms with Crippen molar-refractivity contribution >= 4 is 8.32 Å². The Balaban J connectivity index is 2.48. The van der Waals surface area contributed by atoms with Crippen LogP contribution in [0.25, 0.3) is 0 Å². The highest BCUT2D eigenvalue weighted by atomic mass is 28.4. The SMILES string of the molecule is CCC1C(CC(F)(F)F)[Si]1(C)O. The van der Waals surface area contributed by atoms with Crippen molar-refractivity contribution in [2.45, 2.75) is 43.6 Å². The fraction of sp³-hybridized carbons (Fsp3) is 1.00. The molecule has 12 heavy (non-hydrogen) atoms. The van der Waals surface area contributed by atoms with Gasteiger partial charge in [0.1, 0.15) is 0 Å². The summed E-state index contributed by atoms with van der Waals surface area (Å²) in [7, 11) is -2.45. The van der Waals surface area contributed by atoms with Crippen molar-refractivity contribution in [3.63, 3.8) is 0 Å². The minimum Gasteiger partial charge on any atom is -0.431 e. The minimum atomic E-state index is -4.11. The molecule has 1 aliphatic rings. The van der Waals surface area contributed by atoms with E-state index in [-0.39, 0.29) is 5.54 Å². The van der Waals surface area contributed by atoms with Crippen molar-refractivity contribution in [2.75, 3.05) is 0 Å². The van der Waals surface area contributed by atoms with Crippen molar-refractivity contribution in [1.82, 2.24) is 0 Å². The first-order valence-electron chi connectivity index (χ1n) is 4.08. The van der Waals surface area contributed by atoms with E-state index in [1.165, 1.54) is 0 Å². The van der Waals surface area contributed by atoms with Gasteiger partial charge in [0.15, 0.2) is 8.32 Å². The summed E-state index contributed by atoms with van der Waals surface area (Å²) in [5.41, 5.74) is -0.471. The molecule has 3 atom stereocenters. The Kier molecular flexibility index (Phi) is 2.29. The molecule has 5 heteroatoms. The summed E-state index contributed by atoms with van der Waals surface area (Å²) in [6, 6.07) is 0. The predicted octanol–water partition coefficient (Wildman–Crippen LogP) is 2.67. The largest absolute Gasteiger partial charge is 0.431 e. The normalized spacial score (nSPS) is 41.5. The molecule has 1 N–H and O–H groups in total. The third-order valence-corrected chi connectivity index (χ3v) is 6.80. The Morgan fingerprint density at radius 3 is 2.08 bits per heavy atom. The van der Waals surface area contributed by atoms with E-state index in [1.807, 2.05) is 6.92 Å². The standard InChI is InChI=1S/C7H13F3OSi/c1-3-5-6(12(5,2)11)4-7(8,9)10/h5-6,11H,3-4H2,1-2H3. The van der Waals surface area contributed by atoms with E-state index in [1.54, 1.807) is 6.55 Å². The zero-order valence-corrected chi connectivity index (χ0v) is 8.15. The zero-order chi connectivity index (χ0) is 9.57. The minimum absolute atomic E-state index is 0.0286. The van der Waals surface area contributed by atoms with E-state index in [2.05, 4.69) is 0 Å². The molecule has 0 aromatic heterocycles. The molecule has 72 valence electrons. The molecule has 1 heterocycles. The van der Waals surface area contributed by atoms with E-state index in [4.69, 9.17) is 0 Å². The number of alkyl halides is 3. The van der Waals surface area contributed by atoms with Crippen LogP contribution in [0.5, 0.6) is 0 Å². The molecule has 1 aliphatic heterocycles. The molecule has 1 fully saturated rings. The maximum absolute atomic E-state index is 11.9. The first kappa shape index (κ1) is 10.1. The molecule has 0 amide bonds. The van der Waals surface area contributed by atoms with Gasteiger partial charge in [0.2, 0.25) is 0 Å². The van der Waals surface area contributed by atoms with Gasteiger partial charge in [-0.3, -0.25) is 0 Å². The number of halogens is 3. The number of hydrogen-bond acceptors (Lipinski definition) is 1. The molecule has 0 spiro atoms. The molecule has 1 rings (SSSR count). The summed E-state index contributed by atoms with van der Waals surface area (Å²) in [5.74, 6) is 0. The number of rotatable bonds is 2. The molecule has 0 radical (unpaired) electrons. The topological polar surface area (TPSA) is 20.2 Å². The summed E-state index contributed by atoms with van der Waals surface area (Å²) in [5, 5.41) is 0. The van der Waals surface area contributed by atoms with Crippen molar-refractivity contribution in [1.29, 1.82) is 0 Å². The van der Waals surface area contributed by atoms with Crippen LogP contribution in [-0.2, 0) is 0 Å². The lowest BCUT2D eigenvalue weighted by molar-refractivity contribution is -0.133. The second-order valence-corrected chi connectivity index (χ2v) is 7.60. The smallest absolute Gasteiger partial charge is 0.389 e. The quantitative estimate of drug-likeness (QED) is 0.676. The van der Waals surface area contributed by atoms with Gasteiger partial charge in [-0.2, -0.15) is 13.2 Å². The highest BCUT2D eigenvalue weighted by molar-refractivity contribution is 6.85. The molecular weight excluding hydrogens is 185 g/mol. The molecule has 3 unspecified atom stereocenters. The third-order valence-electron chi connectivity index (χ3n) is 2.77. The molecule has 0 bridgehead atoms. The van der Waals surface area contributed by atoms with Gasteiger partial charge in [-0.25, -0.2) is 0 Å². The van der Waals surface area contributed by atoms with Crippen LogP contribution in [-0.4, -0.2) is 19.3 Å². The van der Waals surface area contributed by atoms with E-state index in [9.17, 15) is 18.0 Å². The lowest BCUT2D eigenvalue weighted by atomic mass is 10.2. The lowest BCUT2D eigenvalue weighted by Gasteiger charge is -2.05. The van der Waals surface area contributed by atoms with Gasteiger partial charge < -0.3 is 4.80 Å². The third kappa shape index (κ3) is 1.82. The fourth-order valence-electron chi connectivity index (χ4n) is 1.98. The van der Waals surface area contributed by atoms with Gasteiger partial charge in [0, 0.05) is 6.42 Å². The van der Waals surface area contributed by atoms with Crippen LogP contribution in [0.4, 0.5) is 13.2 Å². The van der Waals surface area contributed by atoms with Crippen LogP contribution in [0, 0.1) is 0 Å². The molecule has 0 saturated carbocycles. The summed E-state index contributed by atoms with van der Waals surface area (Å²) < 4.78 is 35.7. The Labute approximate surface area is 70.7 Å². The van der Waals surface area contributed by atoms with Crippen LogP contribution >= 0.6 is 0 Å². The Bertz CT molecular complexity index is 178. The molecule has 1 nitrogen and oxygen atoms in total. The van der Waals surface area contributed by atoms with Crippen LogP contribution in [0.2, 0.25) is 17.6 Å². The highest BCUT2D eigenvalue weighted by Gasteiger charge is 2.64. The first-order chi connectivity index (χ1) is 5.29. The monoisotopic (exact) mass is 198 g/mol. The molecule has 0 aromatic rings. The molecule has 0 aromatic carbocycles. The molecule has 0 aliphatic carbocycles. The van der Waals surface area contributed by atoms with Gasteiger partial charge in [0.05, 0.1) is 0 Å². The van der Waals surface area contributed by atoms with E-state index in [0.29, 0.717) is 6.42 Å². The van der Waals surface area contributed by atoms with Gasteiger partial charge in [-0.05, 0) is 17.6 Å². The summed E-state index contributed by atoms with van der Waals surface area (Å²) in [6.45, 7) is 3.46. The molecular formula is C7H13F3OSi. The zero-order valence-electron chi connectivity index (χ0n) is 7.15. The van der Waals surface area contributed by atoms with Crippen molar-refractivity contribution in [3.8, 4) is 0 Å². The van der Waals surface area contributed by atoms with E-state index in [0.717, 1.165) is 0 Å². The average molecular weight is 198 g/mol. The summed E-state index contributed by atoms with van der Waals surface area (Å²) in [6.07, 6.45) is -4.21. The number of hydrogen-bond donors (Lipinski definition) is 1. The Morgan fingerprint density at radius 2 is 1.83 bits per heavy atom. The second-order valence-electron chi connectivity index (χ2n) is 3.67. The Morgan fingerprint density at radius 1 is 1.33 bits per heavy atom. The Hall–Kier alpha value is -0.0331. The van der Waals surface area contributed by atoms with Crippen LogP contribution in [0.3, 0.4) is 0 Å². The van der Waals surface area contributed by atoms with Gasteiger partial charge >= 0.3 is 6.18 Å². The van der Waals surface area contributed by atoms with Gasteiger partial charge in [-0.15, -0.1) is 0 Å². The summed E-state index contributed by atoms with van der Waals surface area (Å²) >= 11 is 0. The fourth-order valence-corrected chi connectivity index (χ4v) is 5.89. The van der Waals surface area contributed by atoms with E-state index < -0.39 is 26.5 Å².